The van der Waals surface area contributed by atoms with E-state index < -0.39 is 34.9 Å². The van der Waals surface area contributed by atoms with Crippen molar-refractivity contribution < 1.29 is 24.2 Å². The number of carboxylic acid groups (broad SMARTS) is 1. The number of quaternary nitrogens is 1. The lowest BCUT2D eigenvalue weighted by Gasteiger charge is -2.32. The van der Waals surface area contributed by atoms with Gasteiger partial charge in [-0.15, -0.1) is 4.48 Å². The van der Waals surface area contributed by atoms with Gasteiger partial charge < -0.3 is 10.2 Å². The van der Waals surface area contributed by atoms with E-state index >= 15 is 0 Å². The zero-order valence-corrected chi connectivity index (χ0v) is 10.1. The molecule has 98 valence electrons. The molecule has 1 aromatic rings. The van der Waals surface area contributed by atoms with Crippen LogP contribution in [0.5, 0.6) is 0 Å². The SMILES string of the molecule is CC(C)[N+](C(=O)O)(C(=O)CO)c1ccc(F)cc1. The summed E-state index contributed by atoms with van der Waals surface area (Å²) >= 11 is 0. The third kappa shape index (κ3) is 2.12. The number of amides is 2. The van der Waals surface area contributed by atoms with Crippen LogP contribution in [0.2, 0.25) is 0 Å². The van der Waals surface area contributed by atoms with E-state index in [1.807, 2.05) is 0 Å². The van der Waals surface area contributed by atoms with Gasteiger partial charge >= 0.3 is 12.0 Å². The van der Waals surface area contributed by atoms with Gasteiger partial charge in [0.05, 0.1) is 0 Å². The summed E-state index contributed by atoms with van der Waals surface area (Å²) in [6.45, 7) is 2.19. The molecule has 0 aliphatic carbocycles. The maximum absolute atomic E-state index is 12.9. The Bertz CT molecular complexity index is 458. The van der Waals surface area contributed by atoms with Gasteiger partial charge in [0, 0.05) is 12.1 Å². The molecule has 6 heteroatoms. The minimum absolute atomic E-state index is 0.109. The summed E-state index contributed by atoms with van der Waals surface area (Å²) < 4.78 is 11.8. The van der Waals surface area contributed by atoms with Gasteiger partial charge in [-0.1, -0.05) is 0 Å². The lowest BCUT2D eigenvalue weighted by atomic mass is 10.1. The van der Waals surface area contributed by atoms with Crippen molar-refractivity contribution >= 4 is 17.7 Å². The molecule has 0 saturated carbocycles. The molecule has 0 fully saturated rings. The fourth-order valence-corrected chi connectivity index (χ4v) is 1.96. The molecule has 1 rings (SSSR count). The van der Waals surface area contributed by atoms with Gasteiger partial charge in [-0.3, -0.25) is 0 Å². The van der Waals surface area contributed by atoms with Gasteiger partial charge in [0.15, 0.2) is 12.3 Å². The second-order valence-corrected chi connectivity index (χ2v) is 4.13. The Morgan fingerprint density at radius 3 is 2.11 bits per heavy atom. The minimum Gasteiger partial charge on any atom is -0.435 e. The molecule has 2 N–H and O–H groups in total. The fraction of sp³-hybridized carbons (Fsp3) is 0.333. The van der Waals surface area contributed by atoms with E-state index in [0.717, 1.165) is 12.1 Å². The standard InChI is InChI=1S/C12H14FNO4/c1-8(2)14(12(17)18,11(16)7-15)10-5-3-9(13)4-6-10/h3-6,8,15H,7H2,1-2H3/p+1. The first kappa shape index (κ1) is 14.3. The number of rotatable bonds is 3. The summed E-state index contributed by atoms with van der Waals surface area (Å²) in [5, 5.41) is 18.3. The predicted molar refractivity (Wildman–Crippen MR) is 63.4 cm³/mol. The van der Waals surface area contributed by atoms with Crippen LogP contribution < -0.4 is 4.48 Å². The molecule has 0 aliphatic rings. The number of nitrogens with zero attached hydrogens (tertiary/aromatic N) is 1. The predicted octanol–water partition coefficient (Wildman–Crippen LogP) is 1.74. The molecule has 0 bridgehead atoms. The summed E-state index contributed by atoms with van der Waals surface area (Å²) in [7, 11) is 0. The van der Waals surface area contributed by atoms with Crippen LogP contribution in [-0.4, -0.2) is 34.9 Å². The van der Waals surface area contributed by atoms with E-state index in [1.165, 1.54) is 12.1 Å². The summed E-state index contributed by atoms with van der Waals surface area (Å²) in [6, 6.07) is 4.00. The Morgan fingerprint density at radius 1 is 1.28 bits per heavy atom. The normalized spacial score (nSPS) is 14.3. The molecule has 1 unspecified atom stereocenters. The average Bonchev–Trinajstić information content (AvgIpc) is 2.31. The number of hydrogen-bond acceptors (Lipinski definition) is 3. The Kier molecular flexibility index (Phi) is 4.15. The maximum Gasteiger partial charge on any atom is 0.526 e. The van der Waals surface area contributed by atoms with Crippen LogP contribution >= 0.6 is 0 Å². The first-order valence-corrected chi connectivity index (χ1v) is 5.40. The van der Waals surface area contributed by atoms with E-state index in [4.69, 9.17) is 5.11 Å². The van der Waals surface area contributed by atoms with Crippen LogP contribution in [0.3, 0.4) is 0 Å². The molecule has 5 nitrogen and oxygen atoms in total. The Morgan fingerprint density at radius 2 is 1.78 bits per heavy atom. The first-order valence-electron chi connectivity index (χ1n) is 5.40. The van der Waals surface area contributed by atoms with E-state index in [9.17, 15) is 19.1 Å². The van der Waals surface area contributed by atoms with Crippen LogP contribution in [0, 0.1) is 5.82 Å². The van der Waals surface area contributed by atoms with Crippen LogP contribution in [0.15, 0.2) is 24.3 Å². The molecule has 1 aromatic carbocycles. The number of imide groups is 1. The zero-order valence-electron chi connectivity index (χ0n) is 10.1. The number of carbonyl (C=O) groups is 2. The van der Waals surface area contributed by atoms with Crippen LogP contribution in [0.1, 0.15) is 13.8 Å². The molecule has 0 aliphatic heterocycles. The number of carbonyl (C=O) groups excluding carboxylic acids is 1. The second kappa shape index (κ2) is 5.24. The minimum atomic E-state index is -1.41. The number of aliphatic hydroxyl groups is 1. The summed E-state index contributed by atoms with van der Waals surface area (Å²) in [6.07, 6.45) is -1.41. The van der Waals surface area contributed by atoms with Gasteiger partial charge in [-0.2, -0.15) is 4.79 Å². The quantitative estimate of drug-likeness (QED) is 0.808. The van der Waals surface area contributed by atoms with Crippen molar-refractivity contribution in [2.75, 3.05) is 6.61 Å². The largest absolute Gasteiger partial charge is 0.526 e. The van der Waals surface area contributed by atoms with Crippen LogP contribution in [0.4, 0.5) is 14.9 Å². The second-order valence-electron chi connectivity index (χ2n) is 4.13. The third-order valence-electron chi connectivity index (χ3n) is 2.84. The van der Waals surface area contributed by atoms with E-state index in [1.54, 1.807) is 13.8 Å². The number of benzene rings is 1. The zero-order chi connectivity index (χ0) is 13.9. The molecule has 0 radical (unpaired) electrons. The third-order valence-corrected chi connectivity index (χ3v) is 2.84. The Labute approximate surface area is 104 Å². The van der Waals surface area contributed by atoms with Crippen LogP contribution in [-0.2, 0) is 4.79 Å². The summed E-state index contributed by atoms with van der Waals surface area (Å²) in [5.41, 5.74) is 0.109. The highest BCUT2D eigenvalue weighted by Crippen LogP contribution is 2.28. The lowest BCUT2D eigenvalue weighted by molar-refractivity contribution is -0.132. The molecule has 1 atom stereocenters. The van der Waals surface area contributed by atoms with E-state index in [-0.39, 0.29) is 5.69 Å². The summed E-state index contributed by atoms with van der Waals surface area (Å²) in [5.74, 6) is -1.40. The lowest BCUT2D eigenvalue weighted by Crippen LogP contribution is -2.63. The van der Waals surface area contributed by atoms with Crippen molar-refractivity contribution in [2.24, 2.45) is 0 Å². The van der Waals surface area contributed by atoms with E-state index in [0.29, 0.717) is 0 Å². The van der Waals surface area contributed by atoms with Gasteiger partial charge in [0.1, 0.15) is 11.9 Å². The first-order chi connectivity index (χ1) is 8.37. The molecular formula is C12H15FNO4+. The Hall–Kier alpha value is -1.79. The number of halogens is 1. The van der Waals surface area contributed by atoms with E-state index in [2.05, 4.69) is 0 Å². The highest BCUT2D eigenvalue weighted by Gasteiger charge is 2.49. The molecule has 0 aromatic heterocycles. The maximum atomic E-state index is 12.9. The molecule has 0 heterocycles. The van der Waals surface area contributed by atoms with Gasteiger partial charge in [-0.05, 0) is 26.0 Å². The van der Waals surface area contributed by atoms with Gasteiger partial charge in [0.2, 0.25) is 0 Å². The molecule has 18 heavy (non-hydrogen) atoms. The van der Waals surface area contributed by atoms with Crippen molar-refractivity contribution in [3.63, 3.8) is 0 Å². The van der Waals surface area contributed by atoms with Crippen molar-refractivity contribution in [3.05, 3.63) is 30.1 Å². The van der Waals surface area contributed by atoms with Gasteiger partial charge in [0.25, 0.3) is 0 Å². The summed E-state index contributed by atoms with van der Waals surface area (Å²) in [4.78, 5) is 23.3. The monoisotopic (exact) mass is 256 g/mol. The van der Waals surface area contributed by atoms with Gasteiger partial charge in [-0.25, -0.2) is 9.18 Å². The molecule has 2 amide bonds. The molecule has 0 saturated heterocycles. The van der Waals surface area contributed by atoms with Crippen molar-refractivity contribution in [2.45, 2.75) is 19.9 Å². The average molecular weight is 256 g/mol. The van der Waals surface area contributed by atoms with Crippen molar-refractivity contribution in [3.8, 4) is 0 Å². The van der Waals surface area contributed by atoms with Crippen molar-refractivity contribution in [1.29, 1.82) is 0 Å². The van der Waals surface area contributed by atoms with Crippen molar-refractivity contribution in [1.82, 2.24) is 4.48 Å². The highest BCUT2D eigenvalue weighted by atomic mass is 19.1. The number of hydrogen-bond donors (Lipinski definition) is 2. The molecule has 0 spiro atoms. The van der Waals surface area contributed by atoms with Crippen LogP contribution in [0.25, 0.3) is 0 Å². The number of aliphatic hydroxyl groups excluding tert-OH is 1. The smallest absolute Gasteiger partial charge is 0.435 e. The highest BCUT2D eigenvalue weighted by molar-refractivity contribution is 6.06. The topological polar surface area (TPSA) is 74.6 Å². The Balaban J connectivity index is 3.48. The molecular weight excluding hydrogens is 241 g/mol. The fourth-order valence-electron chi connectivity index (χ4n) is 1.96.